The Labute approximate surface area is 207 Å². The van der Waals surface area contributed by atoms with Crippen LogP contribution in [-0.4, -0.2) is 29.1 Å². The van der Waals surface area contributed by atoms with Crippen LogP contribution in [0.15, 0.2) is 48.7 Å². The lowest BCUT2D eigenvalue weighted by atomic mass is 10.1. The highest BCUT2D eigenvalue weighted by molar-refractivity contribution is 5.93. The number of nitrogens with one attached hydrogen (secondary N) is 3. The van der Waals surface area contributed by atoms with Gasteiger partial charge in [0.2, 0.25) is 5.91 Å². The van der Waals surface area contributed by atoms with E-state index in [0.29, 0.717) is 54.1 Å². The Kier molecular flexibility index (Phi) is 5.21. The summed E-state index contributed by atoms with van der Waals surface area (Å²) in [7, 11) is 0. The van der Waals surface area contributed by atoms with E-state index >= 15 is 0 Å². The number of fused-ring (bicyclic) bond motifs is 4. The number of hydrogen-bond acceptors (Lipinski definition) is 5. The first-order chi connectivity index (χ1) is 17.7. The van der Waals surface area contributed by atoms with Crippen molar-refractivity contribution >= 4 is 23.4 Å². The van der Waals surface area contributed by atoms with Gasteiger partial charge < -0.3 is 25.4 Å². The van der Waals surface area contributed by atoms with Crippen LogP contribution in [0.4, 0.5) is 33.9 Å². The monoisotopic (exact) mass is 514 g/mol. The first-order valence-electron chi connectivity index (χ1n) is 11.4. The molecule has 1 fully saturated rings. The summed E-state index contributed by atoms with van der Waals surface area (Å²) in [5, 5.41) is 7.50. The summed E-state index contributed by atoms with van der Waals surface area (Å²) in [6, 6.07) is 7.50. The topological polar surface area (TPSA) is 102 Å². The van der Waals surface area contributed by atoms with Crippen molar-refractivity contribution in [3.05, 3.63) is 71.2 Å². The zero-order valence-electron chi connectivity index (χ0n) is 18.9. The summed E-state index contributed by atoms with van der Waals surface area (Å²) in [5.41, 5.74) is -0.0578. The molecule has 1 aliphatic carbocycles. The van der Waals surface area contributed by atoms with Gasteiger partial charge in [0.1, 0.15) is 35.0 Å². The second kappa shape index (κ2) is 8.36. The van der Waals surface area contributed by atoms with Gasteiger partial charge in [0, 0.05) is 23.7 Å². The molecule has 3 aromatic rings. The van der Waals surface area contributed by atoms with Gasteiger partial charge in [-0.3, -0.25) is 4.79 Å². The van der Waals surface area contributed by atoms with Crippen molar-refractivity contribution < 1.29 is 36.6 Å². The molecule has 12 heteroatoms. The number of pyridine rings is 1. The Morgan fingerprint density at radius 3 is 2.78 bits per heavy atom. The number of nitrogens with zero attached hydrogens (tertiary/aromatic N) is 1. The highest BCUT2D eigenvalue weighted by atomic mass is 19.4. The quantitative estimate of drug-likeness (QED) is 0.427. The fourth-order valence-electron chi connectivity index (χ4n) is 4.66. The molecule has 3 amide bonds. The van der Waals surface area contributed by atoms with Gasteiger partial charge in [-0.2, -0.15) is 13.2 Å². The maximum absolute atomic E-state index is 14.0. The van der Waals surface area contributed by atoms with Crippen molar-refractivity contribution in [1.82, 2.24) is 10.3 Å². The molecule has 0 bridgehead atoms. The summed E-state index contributed by atoms with van der Waals surface area (Å²) < 4.78 is 64.7. The van der Waals surface area contributed by atoms with E-state index in [0.717, 1.165) is 11.1 Å². The smallest absolute Gasteiger partial charge is 0.416 e. The van der Waals surface area contributed by atoms with Gasteiger partial charge in [0.25, 0.3) is 0 Å². The standard InChI is InChI=1S/C25H18F4N4O4/c26-15-4-1-11(25(27,28)29)9-16(15)31-24(35)33-21-20-14-10-12(2-5-17(14)37-22(20)21)36-18-7-8-30-23-13(18)3-6-19(34)32-23/h1-2,4-5,7-10,20-22H,3,6H2,(H,30,32,34)(H2,31,33,35)/t20-,21+,22-/m0/s1. The molecule has 1 saturated carbocycles. The number of rotatable bonds is 4. The average Bonchev–Trinajstić information content (AvgIpc) is 3.35. The minimum atomic E-state index is -4.67. The molecule has 37 heavy (non-hydrogen) atoms. The molecule has 0 radical (unpaired) electrons. The van der Waals surface area contributed by atoms with E-state index in [1.54, 1.807) is 30.5 Å². The Morgan fingerprint density at radius 2 is 1.97 bits per heavy atom. The predicted octanol–water partition coefficient (Wildman–Crippen LogP) is 4.97. The molecule has 0 saturated heterocycles. The average molecular weight is 514 g/mol. The van der Waals surface area contributed by atoms with Gasteiger partial charge in [-0.05, 0) is 48.9 Å². The number of aromatic nitrogens is 1. The van der Waals surface area contributed by atoms with Crippen LogP contribution < -0.4 is 25.4 Å². The van der Waals surface area contributed by atoms with Crippen LogP contribution >= 0.6 is 0 Å². The Morgan fingerprint density at radius 1 is 1.14 bits per heavy atom. The molecule has 190 valence electrons. The zero-order valence-corrected chi connectivity index (χ0v) is 18.9. The summed E-state index contributed by atoms with van der Waals surface area (Å²) in [5.74, 6) is 0.899. The van der Waals surface area contributed by atoms with Crippen molar-refractivity contribution in [2.45, 2.75) is 37.1 Å². The SMILES string of the molecule is O=C1CCc2c(Oc3ccc4c(c3)[C@H]3[C@@H](NC(=O)Nc5cc(C(F)(F)F)ccc5F)[C@H]3O4)ccnc2N1. The van der Waals surface area contributed by atoms with E-state index in [9.17, 15) is 27.2 Å². The number of carbonyl (C=O) groups excluding carboxylic acids is 2. The molecule has 3 N–H and O–H groups in total. The maximum Gasteiger partial charge on any atom is 0.416 e. The third-order valence-corrected chi connectivity index (χ3v) is 6.50. The molecule has 6 rings (SSSR count). The van der Waals surface area contributed by atoms with E-state index in [1.165, 1.54) is 0 Å². The predicted molar refractivity (Wildman–Crippen MR) is 122 cm³/mol. The molecule has 2 aromatic carbocycles. The lowest BCUT2D eigenvalue weighted by Gasteiger charge is -2.19. The molecule has 3 heterocycles. The van der Waals surface area contributed by atoms with Gasteiger partial charge in [-0.15, -0.1) is 0 Å². The molecule has 1 aromatic heterocycles. The third kappa shape index (κ3) is 4.28. The number of hydrogen-bond donors (Lipinski definition) is 3. The maximum atomic E-state index is 14.0. The number of alkyl halides is 3. The van der Waals surface area contributed by atoms with E-state index in [1.807, 2.05) is 0 Å². The van der Waals surface area contributed by atoms with Crippen molar-refractivity contribution in [2.24, 2.45) is 0 Å². The number of ether oxygens (including phenoxy) is 2. The number of carbonyl (C=O) groups is 2. The lowest BCUT2D eigenvalue weighted by Crippen LogP contribution is -2.34. The molecular weight excluding hydrogens is 496 g/mol. The van der Waals surface area contributed by atoms with Crippen LogP contribution in [0.25, 0.3) is 0 Å². The highest BCUT2D eigenvalue weighted by Crippen LogP contribution is 2.54. The normalized spacial score (nSPS) is 21.1. The molecule has 2 aliphatic heterocycles. The number of amides is 3. The Hall–Kier alpha value is -4.35. The van der Waals surface area contributed by atoms with E-state index in [-0.39, 0.29) is 17.9 Å². The fraction of sp³-hybridized carbons (Fsp3) is 0.240. The van der Waals surface area contributed by atoms with Gasteiger partial charge in [-0.1, -0.05) is 0 Å². The van der Waals surface area contributed by atoms with Gasteiger partial charge >= 0.3 is 12.2 Å². The molecule has 8 nitrogen and oxygen atoms in total. The first kappa shape index (κ1) is 23.1. The van der Waals surface area contributed by atoms with Crippen LogP contribution in [0, 0.1) is 5.82 Å². The van der Waals surface area contributed by atoms with Gasteiger partial charge in [0.15, 0.2) is 0 Å². The largest absolute Gasteiger partial charge is 0.487 e. The second-order valence-electron chi connectivity index (χ2n) is 8.91. The number of halogens is 4. The summed E-state index contributed by atoms with van der Waals surface area (Å²) in [4.78, 5) is 28.2. The van der Waals surface area contributed by atoms with Crippen molar-refractivity contribution in [1.29, 1.82) is 0 Å². The first-order valence-corrected chi connectivity index (χ1v) is 11.4. The number of benzene rings is 2. The van der Waals surface area contributed by atoms with E-state index < -0.39 is 35.3 Å². The van der Waals surface area contributed by atoms with Crippen LogP contribution in [0.1, 0.15) is 29.0 Å². The lowest BCUT2D eigenvalue weighted by molar-refractivity contribution is -0.137. The number of anilines is 2. The van der Waals surface area contributed by atoms with Crippen molar-refractivity contribution in [3.8, 4) is 17.2 Å². The van der Waals surface area contributed by atoms with E-state index in [4.69, 9.17) is 9.47 Å². The third-order valence-electron chi connectivity index (χ3n) is 6.50. The van der Waals surface area contributed by atoms with Crippen molar-refractivity contribution in [3.63, 3.8) is 0 Å². The van der Waals surface area contributed by atoms with Crippen LogP contribution in [0.5, 0.6) is 17.2 Å². The highest BCUT2D eigenvalue weighted by Gasteiger charge is 2.59. The molecular formula is C25H18F4N4O4. The molecule has 0 spiro atoms. The minimum absolute atomic E-state index is 0.107. The minimum Gasteiger partial charge on any atom is -0.487 e. The van der Waals surface area contributed by atoms with E-state index in [2.05, 4.69) is 20.9 Å². The fourth-order valence-corrected chi connectivity index (χ4v) is 4.66. The Balaban J connectivity index is 1.14. The zero-order chi connectivity index (χ0) is 25.9. The molecule has 0 unspecified atom stereocenters. The van der Waals surface area contributed by atoms with Crippen LogP contribution in [-0.2, 0) is 17.4 Å². The molecule has 3 aliphatic rings. The van der Waals surface area contributed by atoms with Crippen LogP contribution in [0.3, 0.4) is 0 Å². The summed E-state index contributed by atoms with van der Waals surface area (Å²) >= 11 is 0. The molecule has 3 atom stereocenters. The van der Waals surface area contributed by atoms with Crippen molar-refractivity contribution in [2.75, 3.05) is 10.6 Å². The van der Waals surface area contributed by atoms with Crippen LogP contribution in [0.2, 0.25) is 0 Å². The van der Waals surface area contributed by atoms with Gasteiger partial charge in [-0.25, -0.2) is 14.2 Å². The van der Waals surface area contributed by atoms with Gasteiger partial charge in [0.05, 0.1) is 23.2 Å². The summed E-state index contributed by atoms with van der Waals surface area (Å²) in [6.07, 6.45) is -2.66. The Bertz CT molecular complexity index is 1440. The second-order valence-corrected chi connectivity index (χ2v) is 8.91. The number of urea groups is 1. The summed E-state index contributed by atoms with van der Waals surface area (Å²) in [6.45, 7) is 0.